The molecular weight excluding hydrogens is 124 g/mol. The van der Waals surface area contributed by atoms with Gasteiger partial charge in [-0.3, -0.25) is 0 Å². The molecule has 4 atom stereocenters. The van der Waals surface area contributed by atoms with Crippen molar-refractivity contribution in [3.8, 4) is 0 Å². The zero-order valence-electron chi connectivity index (χ0n) is 6.88. The van der Waals surface area contributed by atoms with Crippen molar-refractivity contribution in [3.05, 3.63) is 0 Å². The molecule has 1 rings (SSSR count). The average molecular weight is 142 g/mol. The minimum absolute atomic E-state index is 0.384. The lowest BCUT2D eigenvalue weighted by atomic mass is 9.77. The van der Waals surface area contributed by atoms with E-state index in [2.05, 4.69) is 13.8 Å². The van der Waals surface area contributed by atoms with Gasteiger partial charge in [-0.05, 0) is 24.7 Å². The summed E-state index contributed by atoms with van der Waals surface area (Å²) >= 11 is 0. The largest absolute Gasteiger partial charge is 0.327 e. The van der Waals surface area contributed by atoms with E-state index in [9.17, 15) is 0 Å². The molecule has 60 valence electrons. The molecule has 0 bridgehead atoms. The topological polar surface area (TPSA) is 52.0 Å². The summed E-state index contributed by atoms with van der Waals surface area (Å²) in [6, 6.07) is 0.768. The van der Waals surface area contributed by atoms with Gasteiger partial charge in [-0.1, -0.05) is 13.8 Å². The van der Waals surface area contributed by atoms with Gasteiger partial charge >= 0.3 is 0 Å². The van der Waals surface area contributed by atoms with Crippen LogP contribution in [0.3, 0.4) is 0 Å². The molecule has 0 aromatic carbocycles. The smallest absolute Gasteiger partial charge is 0.00682 e. The molecule has 0 heterocycles. The molecule has 0 radical (unpaired) electrons. The van der Waals surface area contributed by atoms with E-state index in [0.29, 0.717) is 23.9 Å². The molecule has 0 unspecified atom stereocenters. The van der Waals surface area contributed by atoms with Crippen molar-refractivity contribution >= 4 is 0 Å². The fourth-order valence-corrected chi connectivity index (χ4v) is 1.67. The number of hydrogen-bond donors (Lipinski definition) is 2. The predicted molar refractivity (Wildman–Crippen MR) is 43.5 cm³/mol. The average Bonchev–Trinajstić information content (AvgIpc) is 1.84. The molecule has 1 saturated carbocycles. The van der Waals surface area contributed by atoms with Crippen LogP contribution in [0.5, 0.6) is 0 Å². The Labute approximate surface area is 63.0 Å². The van der Waals surface area contributed by atoms with Crippen molar-refractivity contribution in [1.29, 1.82) is 0 Å². The van der Waals surface area contributed by atoms with Crippen molar-refractivity contribution in [2.45, 2.75) is 38.8 Å². The van der Waals surface area contributed by atoms with E-state index in [-0.39, 0.29) is 0 Å². The van der Waals surface area contributed by atoms with Crippen molar-refractivity contribution in [1.82, 2.24) is 0 Å². The van der Waals surface area contributed by atoms with E-state index in [4.69, 9.17) is 11.5 Å². The second-order valence-electron chi connectivity index (χ2n) is 3.75. The van der Waals surface area contributed by atoms with Crippen LogP contribution in [-0.4, -0.2) is 12.1 Å². The highest BCUT2D eigenvalue weighted by molar-refractivity contribution is 4.85. The van der Waals surface area contributed by atoms with Crippen molar-refractivity contribution in [2.24, 2.45) is 23.3 Å². The van der Waals surface area contributed by atoms with Crippen LogP contribution in [-0.2, 0) is 0 Å². The molecule has 2 nitrogen and oxygen atoms in total. The minimum Gasteiger partial charge on any atom is -0.327 e. The number of nitrogens with two attached hydrogens (primary N) is 2. The predicted octanol–water partition coefficient (Wildman–Crippen LogP) is 0.707. The monoisotopic (exact) mass is 142 g/mol. The van der Waals surface area contributed by atoms with Crippen LogP contribution >= 0.6 is 0 Å². The van der Waals surface area contributed by atoms with Gasteiger partial charge in [-0.2, -0.15) is 0 Å². The Hall–Kier alpha value is -0.0800. The van der Waals surface area contributed by atoms with Crippen LogP contribution in [0, 0.1) is 11.8 Å². The molecule has 1 aliphatic rings. The van der Waals surface area contributed by atoms with Gasteiger partial charge in [0.2, 0.25) is 0 Å². The Morgan fingerprint density at radius 1 is 0.900 bits per heavy atom. The highest BCUT2D eigenvalue weighted by atomic mass is 14.7. The van der Waals surface area contributed by atoms with E-state index in [1.54, 1.807) is 0 Å². The Bertz CT molecular complexity index is 87.8. The molecule has 0 amide bonds. The van der Waals surface area contributed by atoms with Crippen LogP contribution in [0.2, 0.25) is 0 Å². The van der Waals surface area contributed by atoms with Crippen LogP contribution in [0.15, 0.2) is 0 Å². The van der Waals surface area contributed by atoms with Crippen molar-refractivity contribution in [2.75, 3.05) is 0 Å². The summed E-state index contributed by atoms with van der Waals surface area (Å²) in [6.07, 6.45) is 2.20. The van der Waals surface area contributed by atoms with Gasteiger partial charge in [0.05, 0.1) is 0 Å². The third-order valence-corrected chi connectivity index (χ3v) is 2.75. The zero-order valence-corrected chi connectivity index (χ0v) is 6.88. The van der Waals surface area contributed by atoms with Gasteiger partial charge in [-0.15, -0.1) is 0 Å². The fourth-order valence-electron chi connectivity index (χ4n) is 1.67. The van der Waals surface area contributed by atoms with Gasteiger partial charge in [-0.25, -0.2) is 0 Å². The lowest BCUT2D eigenvalue weighted by Gasteiger charge is -2.34. The highest BCUT2D eigenvalue weighted by Crippen LogP contribution is 2.25. The summed E-state index contributed by atoms with van der Waals surface area (Å²) in [6.45, 7) is 4.38. The molecule has 1 fully saturated rings. The fraction of sp³-hybridized carbons (Fsp3) is 1.00. The van der Waals surface area contributed by atoms with E-state index < -0.39 is 0 Å². The van der Waals surface area contributed by atoms with Gasteiger partial charge in [0.25, 0.3) is 0 Å². The van der Waals surface area contributed by atoms with Gasteiger partial charge in [0.15, 0.2) is 0 Å². The first-order valence-electron chi connectivity index (χ1n) is 4.12. The second-order valence-corrected chi connectivity index (χ2v) is 3.75. The first kappa shape index (κ1) is 8.02. The maximum absolute atomic E-state index is 5.88. The molecule has 2 heteroatoms. The summed E-state index contributed by atoms with van der Waals surface area (Å²) in [5, 5.41) is 0. The molecule has 10 heavy (non-hydrogen) atoms. The standard InChI is InChI=1S/C8H18N2/c1-5-3-8(10)6(2)4-7(5)9/h5-8H,3-4,9-10H2,1-2H3/t5-,6-,7+,8+/m1/s1. The number of hydrogen-bond acceptors (Lipinski definition) is 2. The van der Waals surface area contributed by atoms with E-state index in [1.165, 1.54) is 0 Å². The Morgan fingerprint density at radius 3 is 1.50 bits per heavy atom. The van der Waals surface area contributed by atoms with Crippen molar-refractivity contribution < 1.29 is 0 Å². The second kappa shape index (κ2) is 2.89. The Kier molecular flexibility index (Phi) is 2.32. The molecule has 0 spiro atoms. The molecular formula is C8H18N2. The Balaban J connectivity index is 2.46. The third-order valence-electron chi connectivity index (χ3n) is 2.75. The van der Waals surface area contributed by atoms with E-state index in [1.807, 2.05) is 0 Å². The van der Waals surface area contributed by atoms with Gasteiger partial charge in [0.1, 0.15) is 0 Å². The SMILES string of the molecule is C[C@@H]1C[C@H](N)[C@H](C)C[C@@H]1N. The summed E-state index contributed by atoms with van der Waals surface area (Å²) in [7, 11) is 0. The normalized spacial score (nSPS) is 49.2. The maximum atomic E-state index is 5.88. The minimum atomic E-state index is 0.384. The molecule has 1 aliphatic carbocycles. The zero-order chi connectivity index (χ0) is 7.72. The molecule has 0 aromatic rings. The summed E-state index contributed by atoms with van der Waals surface area (Å²) in [5.74, 6) is 1.23. The third kappa shape index (κ3) is 1.50. The van der Waals surface area contributed by atoms with E-state index in [0.717, 1.165) is 12.8 Å². The molecule has 4 N–H and O–H groups in total. The van der Waals surface area contributed by atoms with Gasteiger partial charge < -0.3 is 11.5 Å². The van der Waals surface area contributed by atoms with E-state index >= 15 is 0 Å². The quantitative estimate of drug-likeness (QED) is 0.523. The Morgan fingerprint density at radius 2 is 1.20 bits per heavy atom. The van der Waals surface area contributed by atoms with Crippen LogP contribution in [0.25, 0.3) is 0 Å². The number of rotatable bonds is 0. The van der Waals surface area contributed by atoms with Gasteiger partial charge in [0, 0.05) is 12.1 Å². The lowest BCUT2D eigenvalue weighted by Crippen LogP contribution is -2.44. The van der Waals surface area contributed by atoms with Crippen LogP contribution in [0.4, 0.5) is 0 Å². The highest BCUT2D eigenvalue weighted by Gasteiger charge is 2.27. The maximum Gasteiger partial charge on any atom is 0.00682 e. The lowest BCUT2D eigenvalue weighted by molar-refractivity contribution is 0.232. The molecule has 0 aromatic heterocycles. The summed E-state index contributed by atoms with van der Waals surface area (Å²) in [4.78, 5) is 0. The molecule has 0 saturated heterocycles. The first-order chi connectivity index (χ1) is 4.61. The van der Waals surface area contributed by atoms with Crippen molar-refractivity contribution in [3.63, 3.8) is 0 Å². The summed E-state index contributed by atoms with van der Waals surface area (Å²) < 4.78 is 0. The first-order valence-corrected chi connectivity index (χ1v) is 4.12. The molecule has 0 aliphatic heterocycles. The van der Waals surface area contributed by atoms with Crippen LogP contribution in [0.1, 0.15) is 26.7 Å². The summed E-state index contributed by atoms with van der Waals surface area (Å²) in [5.41, 5.74) is 11.8. The van der Waals surface area contributed by atoms with Crippen LogP contribution < -0.4 is 11.5 Å².